The van der Waals surface area contributed by atoms with Gasteiger partial charge in [-0.15, -0.1) is 11.3 Å². The Bertz CT molecular complexity index is 754. The van der Waals surface area contributed by atoms with Crippen molar-refractivity contribution in [2.24, 2.45) is 5.73 Å². The SMILES string of the molecule is CC[C@H](N)Cc1cc2nc(Cl)cc(NCc3ccco3)c2s1. The number of nitrogens with one attached hydrogen (secondary N) is 1. The maximum Gasteiger partial charge on any atom is 0.131 e. The van der Waals surface area contributed by atoms with Gasteiger partial charge in [0.2, 0.25) is 0 Å². The third kappa shape index (κ3) is 3.43. The van der Waals surface area contributed by atoms with Crippen molar-refractivity contribution in [2.75, 3.05) is 5.32 Å². The monoisotopic (exact) mass is 335 g/mol. The largest absolute Gasteiger partial charge is 0.467 e. The fourth-order valence-electron chi connectivity index (χ4n) is 2.27. The molecule has 0 spiro atoms. The molecule has 116 valence electrons. The number of furan rings is 1. The number of anilines is 1. The highest BCUT2D eigenvalue weighted by Crippen LogP contribution is 2.33. The summed E-state index contributed by atoms with van der Waals surface area (Å²) in [5.41, 5.74) is 7.94. The van der Waals surface area contributed by atoms with Crippen LogP contribution in [-0.4, -0.2) is 11.0 Å². The van der Waals surface area contributed by atoms with Crippen molar-refractivity contribution in [2.45, 2.75) is 32.4 Å². The standard InChI is InChI=1S/C16H18ClN3OS/c1-2-10(18)6-12-7-14-16(22-12)13(8-15(17)20-14)19-9-11-4-3-5-21-11/h3-5,7-8,10H,2,6,9,18H2,1H3,(H,19,20)/t10-/m0/s1. The lowest BCUT2D eigenvalue weighted by Crippen LogP contribution is -2.20. The van der Waals surface area contributed by atoms with Gasteiger partial charge in [-0.2, -0.15) is 0 Å². The summed E-state index contributed by atoms with van der Waals surface area (Å²) in [4.78, 5) is 5.64. The Balaban J connectivity index is 1.87. The predicted molar refractivity (Wildman–Crippen MR) is 92.6 cm³/mol. The van der Waals surface area contributed by atoms with Crippen LogP contribution in [0.25, 0.3) is 10.2 Å². The Morgan fingerprint density at radius 2 is 2.32 bits per heavy atom. The van der Waals surface area contributed by atoms with Crippen LogP contribution in [0.4, 0.5) is 5.69 Å². The molecule has 1 atom stereocenters. The molecule has 6 heteroatoms. The minimum Gasteiger partial charge on any atom is -0.467 e. The number of thiophene rings is 1. The summed E-state index contributed by atoms with van der Waals surface area (Å²) < 4.78 is 6.45. The number of nitrogens with two attached hydrogens (primary N) is 1. The summed E-state index contributed by atoms with van der Waals surface area (Å²) in [7, 11) is 0. The van der Waals surface area contributed by atoms with E-state index in [0.29, 0.717) is 11.7 Å². The van der Waals surface area contributed by atoms with Gasteiger partial charge in [0.25, 0.3) is 0 Å². The van der Waals surface area contributed by atoms with Crippen molar-refractivity contribution >= 4 is 38.8 Å². The topological polar surface area (TPSA) is 64.1 Å². The number of fused-ring (bicyclic) bond motifs is 1. The van der Waals surface area contributed by atoms with Crippen molar-refractivity contribution in [3.63, 3.8) is 0 Å². The van der Waals surface area contributed by atoms with E-state index in [4.69, 9.17) is 21.8 Å². The number of rotatable bonds is 6. The molecular weight excluding hydrogens is 318 g/mol. The molecule has 22 heavy (non-hydrogen) atoms. The molecule has 0 saturated heterocycles. The van der Waals surface area contributed by atoms with Crippen molar-refractivity contribution in [1.82, 2.24) is 4.98 Å². The lowest BCUT2D eigenvalue weighted by Gasteiger charge is -2.06. The average molecular weight is 336 g/mol. The summed E-state index contributed by atoms with van der Waals surface area (Å²) in [6.45, 7) is 2.72. The number of pyridine rings is 1. The first kappa shape index (κ1) is 15.3. The summed E-state index contributed by atoms with van der Waals surface area (Å²) in [6.07, 6.45) is 3.50. The quantitative estimate of drug-likeness (QED) is 0.654. The summed E-state index contributed by atoms with van der Waals surface area (Å²) >= 11 is 7.85. The van der Waals surface area contributed by atoms with Crippen LogP contribution in [-0.2, 0) is 13.0 Å². The number of nitrogens with zero attached hydrogens (tertiary/aromatic N) is 1. The van der Waals surface area contributed by atoms with Gasteiger partial charge in [0.05, 0.1) is 28.7 Å². The molecular formula is C16H18ClN3OS. The summed E-state index contributed by atoms with van der Waals surface area (Å²) in [5, 5.41) is 3.86. The van der Waals surface area contributed by atoms with Gasteiger partial charge in [0, 0.05) is 17.0 Å². The third-order valence-electron chi connectivity index (χ3n) is 3.52. The Hall–Kier alpha value is -1.56. The molecule has 0 amide bonds. The summed E-state index contributed by atoms with van der Waals surface area (Å²) in [6, 6.07) is 7.93. The van der Waals surface area contributed by atoms with Crippen molar-refractivity contribution in [1.29, 1.82) is 0 Å². The first-order valence-electron chi connectivity index (χ1n) is 7.26. The molecule has 0 radical (unpaired) electrons. The fourth-order valence-corrected chi connectivity index (χ4v) is 3.65. The van der Waals surface area contributed by atoms with Crippen LogP contribution in [0.5, 0.6) is 0 Å². The number of hydrogen-bond acceptors (Lipinski definition) is 5. The molecule has 3 aromatic rings. The molecule has 0 bridgehead atoms. The normalized spacial score (nSPS) is 12.7. The van der Waals surface area contributed by atoms with Gasteiger partial charge >= 0.3 is 0 Å². The van der Waals surface area contributed by atoms with Crippen LogP contribution in [0.3, 0.4) is 0 Å². The van der Waals surface area contributed by atoms with Gasteiger partial charge in [-0.3, -0.25) is 0 Å². The molecule has 0 aromatic carbocycles. The van der Waals surface area contributed by atoms with Gasteiger partial charge in [0.1, 0.15) is 10.9 Å². The summed E-state index contributed by atoms with van der Waals surface area (Å²) in [5.74, 6) is 0.880. The van der Waals surface area contributed by atoms with Crippen LogP contribution in [0.1, 0.15) is 24.0 Å². The molecule has 4 nitrogen and oxygen atoms in total. The zero-order valence-electron chi connectivity index (χ0n) is 12.3. The zero-order chi connectivity index (χ0) is 15.5. The number of aromatic nitrogens is 1. The van der Waals surface area contributed by atoms with Gasteiger partial charge < -0.3 is 15.5 Å². The second-order valence-electron chi connectivity index (χ2n) is 5.22. The van der Waals surface area contributed by atoms with Gasteiger partial charge in [-0.25, -0.2) is 4.98 Å². The number of halogens is 1. The van der Waals surface area contributed by atoms with Crippen LogP contribution in [0.15, 0.2) is 34.9 Å². The maximum atomic E-state index is 6.13. The zero-order valence-corrected chi connectivity index (χ0v) is 13.9. The van der Waals surface area contributed by atoms with Crippen LogP contribution < -0.4 is 11.1 Å². The Labute approximate surface area is 138 Å². The van der Waals surface area contributed by atoms with E-state index >= 15 is 0 Å². The van der Waals surface area contributed by atoms with Gasteiger partial charge in [-0.1, -0.05) is 18.5 Å². The molecule has 0 aliphatic carbocycles. The molecule has 3 rings (SSSR count). The third-order valence-corrected chi connectivity index (χ3v) is 4.89. The average Bonchev–Trinajstić information content (AvgIpc) is 3.13. The van der Waals surface area contributed by atoms with E-state index in [1.807, 2.05) is 18.2 Å². The molecule has 3 heterocycles. The highest BCUT2D eigenvalue weighted by molar-refractivity contribution is 7.19. The number of hydrogen-bond donors (Lipinski definition) is 2. The van der Waals surface area contributed by atoms with E-state index < -0.39 is 0 Å². The van der Waals surface area contributed by atoms with E-state index in [1.165, 1.54) is 4.88 Å². The minimum atomic E-state index is 0.183. The highest BCUT2D eigenvalue weighted by Gasteiger charge is 2.12. The fraction of sp³-hybridized carbons (Fsp3) is 0.312. The molecule has 0 aliphatic rings. The van der Waals surface area contributed by atoms with E-state index in [2.05, 4.69) is 23.3 Å². The molecule has 0 aliphatic heterocycles. The molecule has 0 unspecified atom stereocenters. The Morgan fingerprint density at radius 1 is 1.45 bits per heavy atom. The van der Waals surface area contributed by atoms with E-state index in [9.17, 15) is 0 Å². The smallest absolute Gasteiger partial charge is 0.131 e. The Kier molecular flexibility index (Phi) is 4.66. The minimum absolute atomic E-state index is 0.183. The lowest BCUT2D eigenvalue weighted by molar-refractivity contribution is 0.518. The van der Waals surface area contributed by atoms with E-state index in [-0.39, 0.29) is 6.04 Å². The second kappa shape index (κ2) is 6.69. The van der Waals surface area contributed by atoms with E-state index in [0.717, 1.165) is 34.5 Å². The molecule has 3 N–H and O–H groups in total. The van der Waals surface area contributed by atoms with Crippen molar-refractivity contribution in [3.05, 3.63) is 46.3 Å². The van der Waals surface area contributed by atoms with Crippen LogP contribution in [0.2, 0.25) is 5.15 Å². The molecule has 3 aromatic heterocycles. The van der Waals surface area contributed by atoms with E-state index in [1.54, 1.807) is 17.6 Å². The maximum absolute atomic E-state index is 6.13. The molecule has 0 saturated carbocycles. The first-order chi connectivity index (χ1) is 10.7. The Morgan fingerprint density at radius 3 is 3.05 bits per heavy atom. The van der Waals surface area contributed by atoms with Gasteiger partial charge in [-0.05, 0) is 31.0 Å². The lowest BCUT2D eigenvalue weighted by atomic mass is 10.1. The van der Waals surface area contributed by atoms with Crippen molar-refractivity contribution in [3.8, 4) is 0 Å². The van der Waals surface area contributed by atoms with Gasteiger partial charge in [0.15, 0.2) is 0 Å². The first-order valence-corrected chi connectivity index (χ1v) is 8.46. The van der Waals surface area contributed by atoms with Crippen molar-refractivity contribution < 1.29 is 4.42 Å². The molecule has 0 fully saturated rings. The van der Waals surface area contributed by atoms with Crippen LogP contribution >= 0.6 is 22.9 Å². The predicted octanol–water partition coefficient (Wildman–Crippen LogP) is 4.43. The second-order valence-corrected chi connectivity index (χ2v) is 6.75. The van der Waals surface area contributed by atoms with Crippen LogP contribution in [0, 0.1) is 0 Å². The highest BCUT2D eigenvalue weighted by atomic mass is 35.5.